The smallest absolute Gasteiger partial charge is 0.161 e. The van der Waals surface area contributed by atoms with E-state index in [1.807, 2.05) is 51.1 Å². The molecule has 0 unspecified atom stereocenters. The first-order valence-electron chi connectivity index (χ1n) is 6.44. The number of para-hydroxylation sites is 1. The van der Waals surface area contributed by atoms with Crippen LogP contribution < -0.4 is 0 Å². The van der Waals surface area contributed by atoms with Crippen LogP contribution in [0, 0.1) is 20.8 Å². The molecular formula is C16H14ClN3. The second-order valence-corrected chi connectivity index (χ2v) is 5.23. The van der Waals surface area contributed by atoms with Gasteiger partial charge in [0.15, 0.2) is 5.82 Å². The second kappa shape index (κ2) is 4.84. The maximum Gasteiger partial charge on any atom is 0.161 e. The van der Waals surface area contributed by atoms with Gasteiger partial charge in [-0.3, -0.25) is 4.98 Å². The Morgan fingerprint density at radius 1 is 0.950 bits per heavy atom. The average Bonchev–Trinajstić information content (AvgIpc) is 2.43. The highest BCUT2D eigenvalue weighted by molar-refractivity contribution is 6.30. The zero-order valence-electron chi connectivity index (χ0n) is 11.6. The predicted molar refractivity (Wildman–Crippen MR) is 82.0 cm³/mol. The van der Waals surface area contributed by atoms with Gasteiger partial charge in [-0.25, -0.2) is 9.97 Å². The van der Waals surface area contributed by atoms with Crippen LogP contribution in [-0.2, 0) is 0 Å². The first-order chi connectivity index (χ1) is 9.56. The monoisotopic (exact) mass is 283 g/mol. The van der Waals surface area contributed by atoms with Crippen molar-refractivity contribution in [2.45, 2.75) is 20.8 Å². The average molecular weight is 284 g/mol. The van der Waals surface area contributed by atoms with Crippen LogP contribution in [0.15, 0.2) is 30.3 Å². The second-order valence-electron chi connectivity index (χ2n) is 4.88. The Hall–Kier alpha value is -2.00. The van der Waals surface area contributed by atoms with E-state index < -0.39 is 0 Å². The van der Waals surface area contributed by atoms with E-state index in [0.717, 1.165) is 33.4 Å². The first kappa shape index (κ1) is 13.0. The fraction of sp³-hybridized carbons (Fsp3) is 0.188. The molecule has 0 fully saturated rings. The Morgan fingerprint density at radius 3 is 2.45 bits per heavy atom. The van der Waals surface area contributed by atoms with E-state index in [-0.39, 0.29) is 0 Å². The van der Waals surface area contributed by atoms with Gasteiger partial charge in [0.05, 0.1) is 5.52 Å². The molecule has 4 heteroatoms. The number of halogens is 1. The van der Waals surface area contributed by atoms with E-state index in [9.17, 15) is 0 Å². The van der Waals surface area contributed by atoms with Crippen molar-refractivity contribution in [1.29, 1.82) is 0 Å². The summed E-state index contributed by atoms with van der Waals surface area (Å²) >= 11 is 6.19. The fourth-order valence-corrected chi connectivity index (χ4v) is 2.42. The summed E-state index contributed by atoms with van der Waals surface area (Å²) in [5.74, 6) is 0.653. The van der Waals surface area contributed by atoms with Gasteiger partial charge in [-0.2, -0.15) is 0 Å². The summed E-state index contributed by atoms with van der Waals surface area (Å²) in [6, 6.07) is 10.00. The van der Waals surface area contributed by atoms with Gasteiger partial charge in [-0.15, -0.1) is 0 Å². The summed E-state index contributed by atoms with van der Waals surface area (Å²) in [5, 5.41) is 1.54. The molecule has 20 heavy (non-hydrogen) atoms. The Bertz CT molecular complexity index is 789. The number of aryl methyl sites for hydroxylation is 2. The number of pyridine rings is 1. The summed E-state index contributed by atoms with van der Waals surface area (Å²) in [5.41, 5.74) is 4.68. The molecule has 0 amide bonds. The topological polar surface area (TPSA) is 38.7 Å². The predicted octanol–water partition coefficient (Wildman–Crippen LogP) is 4.27. The third-order valence-electron chi connectivity index (χ3n) is 3.41. The lowest BCUT2D eigenvalue weighted by Gasteiger charge is -2.09. The maximum atomic E-state index is 6.19. The molecule has 100 valence electrons. The zero-order chi connectivity index (χ0) is 14.3. The van der Waals surface area contributed by atoms with E-state index in [4.69, 9.17) is 11.6 Å². The Labute approximate surface area is 122 Å². The van der Waals surface area contributed by atoms with Gasteiger partial charge in [0.25, 0.3) is 0 Å². The lowest BCUT2D eigenvalue weighted by Crippen LogP contribution is -1.98. The Morgan fingerprint density at radius 2 is 1.70 bits per heavy atom. The highest BCUT2D eigenvalue weighted by Gasteiger charge is 2.12. The van der Waals surface area contributed by atoms with Gasteiger partial charge >= 0.3 is 0 Å². The minimum absolute atomic E-state index is 0.506. The standard InChI is InChI=1S/C16H14ClN3/c1-9-8-13(12-6-4-5-7-14(12)18-9)16-19-11(3)10(2)15(17)20-16/h4-8H,1-3H3. The number of hydrogen-bond acceptors (Lipinski definition) is 3. The van der Waals surface area contributed by atoms with Gasteiger partial charge in [-0.1, -0.05) is 29.8 Å². The first-order valence-corrected chi connectivity index (χ1v) is 6.81. The van der Waals surface area contributed by atoms with E-state index in [1.54, 1.807) is 0 Å². The van der Waals surface area contributed by atoms with E-state index >= 15 is 0 Å². The molecule has 0 spiro atoms. The van der Waals surface area contributed by atoms with Gasteiger partial charge in [0, 0.05) is 27.9 Å². The van der Waals surface area contributed by atoms with E-state index in [1.165, 1.54) is 0 Å². The van der Waals surface area contributed by atoms with Gasteiger partial charge in [0.2, 0.25) is 0 Å². The van der Waals surface area contributed by atoms with Crippen LogP contribution in [0.4, 0.5) is 0 Å². The number of benzene rings is 1. The van der Waals surface area contributed by atoms with Crippen molar-refractivity contribution in [3.05, 3.63) is 52.4 Å². The normalized spacial score (nSPS) is 11.0. The SMILES string of the molecule is Cc1cc(-c2nc(C)c(C)c(Cl)n2)c2ccccc2n1. The molecule has 0 saturated carbocycles. The molecule has 0 bridgehead atoms. The number of rotatable bonds is 1. The third-order valence-corrected chi connectivity index (χ3v) is 3.78. The summed E-state index contributed by atoms with van der Waals surface area (Å²) in [6.07, 6.45) is 0. The number of nitrogens with zero attached hydrogens (tertiary/aromatic N) is 3. The molecule has 3 aromatic rings. The van der Waals surface area contributed by atoms with Crippen LogP contribution in [-0.4, -0.2) is 15.0 Å². The molecule has 0 radical (unpaired) electrons. The molecule has 3 rings (SSSR count). The lowest BCUT2D eigenvalue weighted by atomic mass is 10.1. The third kappa shape index (κ3) is 2.14. The highest BCUT2D eigenvalue weighted by atomic mass is 35.5. The van der Waals surface area contributed by atoms with Crippen molar-refractivity contribution in [2.24, 2.45) is 0 Å². The maximum absolute atomic E-state index is 6.19. The summed E-state index contributed by atoms with van der Waals surface area (Å²) in [6.45, 7) is 5.85. The van der Waals surface area contributed by atoms with Gasteiger partial charge in [-0.05, 0) is 32.9 Å². The van der Waals surface area contributed by atoms with Crippen LogP contribution >= 0.6 is 11.6 Å². The molecular weight excluding hydrogens is 270 g/mol. The molecule has 1 aromatic carbocycles. The molecule has 3 nitrogen and oxygen atoms in total. The van der Waals surface area contributed by atoms with E-state index in [0.29, 0.717) is 11.0 Å². The Kier molecular flexibility index (Phi) is 3.14. The summed E-state index contributed by atoms with van der Waals surface area (Å²) in [7, 11) is 0. The minimum atomic E-state index is 0.506. The van der Waals surface area contributed by atoms with Crippen LogP contribution in [0.5, 0.6) is 0 Å². The minimum Gasteiger partial charge on any atom is -0.253 e. The van der Waals surface area contributed by atoms with Crippen molar-refractivity contribution >= 4 is 22.5 Å². The molecule has 0 aliphatic rings. The zero-order valence-corrected chi connectivity index (χ0v) is 12.4. The molecule has 0 atom stereocenters. The quantitative estimate of drug-likeness (QED) is 0.626. The van der Waals surface area contributed by atoms with Crippen molar-refractivity contribution in [3.63, 3.8) is 0 Å². The summed E-state index contributed by atoms with van der Waals surface area (Å²) in [4.78, 5) is 13.5. The molecule has 0 aliphatic carbocycles. The van der Waals surface area contributed by atoms with Crippen LogP contribution in [0.2, 0.25) is 5.15 Å². The summed E-state index contributed by atoms with van der Waals surface area (Å²) < 4.78 is 0. The van der Waals surface area contributed by atoms with Crippen molar-refractivity contribution in [1.82, 2.24) is 15.0 Å². The molecule has 2 aromatic heterocycles. The number of fused-ring (bicyclic) bond motifs is 1. The van der Waals surface area contributed by atoms with Crippen LogP contribution in [0.1, 0.15) is 17.0 Å². The van der Waals surface area contributed by atoms with Crippen LogP contribution in [0.3, 0.4) is 0 Å². The molecule has 2 heterocycles. The number of hydrogen-bond donors (Lipinski definition) is 0. The number of aromatic nitrogens is 3. The Balaban J connectivity index is 2.34. The van der Waals surface area contributed by atoms with Gasteiger partial charge in [0.1, 0.15) is 5.15 Å². The van der Waals surface area contributed by atoms with Crippen molar-refractivity contribution < 1.29 is 0 Å². The van der Waals surface area contributed by atoms with Crippen molar-refractivity contribution in [2.75, 3.05) is 0 Å². The van der Waals surface area contributed by atoms with E-state index in [2.05, 4.69) is 15.0 Å². The molecule has 0 saturated heterocycles. The van der Waals surface area contributed by atoms with Crippen LogP contribution in [0.25, 0.3) is 22.3 Å². The van der Waals surface area contributed by atoms with Gasteiger partial charge < -0.3 is 0 Å². The van der Waals surface area contributed by atoms with Crippen molar-refractivity contribution in [3.8, 4) is 11.4 Å². The molecule has 0 N–H and O–H groups in total. The fourth-order valence-electron chi connectivity index (χ4n) is 2.21. The largest absolute Gasteiger partial charge is 0.253 e. The highest BCUT2D eigenvalue weighted by Crippen LogP contribution is 2.28. The lowest BCUT2D eigenvalue weighted by molar-refractivity contribution is 1.07. The molecule has 0 aliphatic heterocycles.